The molecule has 0 radical (unpaired) electrons. The molecule has 1 fully saturated rings. The maximum Gasteiger partial charge on any atom is 0.251 e. The van der Waals surface area contributed by atoms with Gasteiger partial charge in [0.2, 0.25) is 0 Å². The molecule has 6 heteroatoms. The predicted molar refractivity (Wildman–Crippen MR) is 101 cm³/mol. The van der Waals surface area contributed by atoms with E-state index in [1.165, 1.54) is 18.4 Å². The van der Waals surface area contributed by atoms with Gasteiger partial charge in [-0.3, -0.25) is 9.69 Å². The molecule has 6 nitrogen and oxygen atoms in total. The van der Waals surface area contributed by atoms with Crippen LogP contribution in [0, 0.1) is 0 Å². The SMILES string of the molecule is O=C(NC[C@@H]1CCCCN1Cc1ccccc1)c1ccc2n[nH]nc2c1. The molecule has 1 aliphatic rings. The Bertz CT molecular complexity index is 876. The zero-order chi connectivity index (χ0) is 17.8. The Labute approximate surface area is 152 Å². The van der Waals surface area contributed by atoms with Gasteiger partial charge in [0.1, 0.15) is 11.0 Å². The molecule has 1 saturated heterocycles. The molecule has 1 aliphatic heterocycles. The molecule has 1 atom stereocenters. The number of aromatic nitrogens is 3. The number of carbonyl (C=O) groups excluding carboxylic acids is 1. The highest BCUT2D eigenvalue weighted by Crippen LogP contribution is 2.19. The maximum atomic E-state index is 12.5. The number of rotatable bonds is 5. The average molecular weight is 349 g/mol. The summed E-state index contributed by atoms with van der Waals surface area (Å²) in [6, 6.07) is 16.3. The third kappa shape index (κ3) is 3.75. The standard InChI is InChI=1S/C20H23N5O/c26-20(16-9-10-18-19(12-16)23-24-22-18)21-13-17-8-4-5-11-25(17)14-15-6-2-1-3-7-15/h1-3,6-7,9-10,12,17H,4-5,8,11,13-14H2,(H,21,26)(H,22,23,24)/t17-/m0/s1. The summed E-state index contributed by atoms with van der Waals surface area (Å²) in [6.07, 6.45) is 3.56. The molecule has 1 aromatic heterocycles. The number of fused-ring (bicyclic) bond motifs is 1. The van der Waals surface area contributed by atoms with Crippen LogP contribution in [0.4, 0.5) is 0 Å². The van der Waals surface area contributed by atoms with Crippen LogP contribution in [0.25, 0.3) is 11.0 Å². The van der Waals surface area contributed by atoms with Gasteiger partial charge in [0.15, 0.2) is 0 Å². The molecule has 0 spiro atoms. The molecule has 0 bridgehead atoms. The Kier molecular flexibility index (Phi) is 4.93. The molecule has 2 heterocycles. The first-order valence-corrected chi connectivity index (χ1v) is 9.16. The van der Waals surface area contributed by atoms with E-state index in [-0.39, 0.29) is 5.91 Å². The third-order valence-corrected chi connectivity index (χ3v) is 5.05. The predicted octanol–water partition coefficient (Wildman–Crippen LogP) is 2.74. The fourth-order valence-corrected chi connectivity index (χ4v) is 3.61. The fraction of sp³-hybridized carbons (Fsp3) is 0.350. The molecule has 1 amide bonds. The van der Waals surface area contributed by atoms with Gasteiger partial charge in [-0.15, -0.1) is 0 Å². The van der Waals surface area contributed by atoms with Gasteiger partial charge in [-0.05, 0) is 43.1 Å². The van der Waals surface area contributed by atoms with Crippen LogP contribution in [-0.2, 0) is 6.54 Å². The minimum absolute atomic E-state index is 0.0554. The van der Waals surface area contributed by atoms with Gasteiger partial charge in [0, 0.05) is 24.7 Å². The van der Waals surface area contributed by atoms with Gasteiger partial charge < -0.3 is 5.32 Å². The average Bonchev–Trinajstić information content (AvgIpc) is 3.16. The zero-order valence-electron chi connectivity index (χ0n) is 14.7. The Morgan fingerprint density at radius 1 is 1.12 bits per heavy atom. The van der Waals surface area contributed by atoms with Crippen LogP contribution in [0.2, 0.25) is 0 Å². The van der Waals surface area contributed by atoms with Crippen LogP contribution >= 0.6 is 0 Å². The van der Waals surface area contributed by atoms with Crippen molar-refractivity contribution in [1.29, 1.82) is 0 Å². The van der Waals surface area contributed by atoms with Gasteiger partial charge in [-0.25, -0.2) is 0 Å². The van der Waals surface area contributed by atoms with Crippen molar-refractivity contribution in [2.75, 3.05) is 13.1 Å². The van der Waals surface area contributed by atoms with Crippen LogP contribution in [-0.4, -0.2) is 45.3 Å². The lowest BCUT2D eigenvalue weighted by atomic mass is 10.0. The summed E-state index contributed by atoms with van der Waals surface area (Å²) in [6.45, 7) is 2.69. The number of likely N-dealkylation sites (tertiary alicyclic amines) is 1. The van der Waals surface area contributed by atoms with Gasteiger partial charge in [-0.2, -0.15) is 15.4 Å². The lowest BCUT2D eigenvalue weighted by Crippen LogP contribution is -2.46. The van der Waals surface area contributed by atoms with Crippen molar-refractivity contribution in [2.24, 2.45) is 0 Å². The Balaban J connectivity index is 1.39. The van der Waals surface area contributed by atoms with Gasteiger partial charge in [0.05, 0.1) is 0 Å². The number of amides is 1. The van der Waals surface area contributed by atoms with E-state index < -0.39 is 0 Å². The second-order valence-corrected chi connectivity index (χ2v) is 6.84. The van der Waals surface area contributed by atoms with E-state index in [2.05, 4.69) is 49.9 Å². The van der Waals surface area contributed by atoms with E-state index in [9.17, 15) is 4.79 Å². The topological polar surface area (TPSA) is 73.9 Å². The van der Waals surface area contributed by atoms with Crippen molar-refractivity contribution in [3.63, 3.8) is 0 Å². The molecular formula is C20H23N5O. The molecule has 2 N–H and O–H groups in total. The fourth-order valence-electron chi connectivity index (χ4n) is 3.61. The quantitative estimate of drug-likeness (QED) is 0.743. The van der Waals surface area contributed by atoms with E-state index in [0.29, 0.717) is 23.7 Å². The van der Waals surface area contributed by atoms with Crippen LogP contribution in [0.15, 0.2) is 48.5 Å². The summed E-state index contributed by atoms with van der Waals surface area (Å²) in [5.41, 5.74) is 3.42. The van der Waals surface area contributed by atoms with Gasteiger partial charge in [0.25, 0.3) is 5.91 Å². The van der Waals surface area contributed by atoms with Crippen molar-refractivity contribution >= 4 is 16.9 Å². The van der Waals surface area contributed by atoms with Crippen molar-refractivity contribution < 1.29 is 4.79 Å². The number of H-pyrrole nitrogens is 1. The smallest absolute Gasteiger partial charge is 0.251 e. The van der Waals surface area contributed by atoms with Gasteiger partial charge in [-0.1, -0.05) is 36.8 Å². The van der Waals surface area contributed by atoms with E-state index in [4.69, 9.17) is 0 Å². The first-order valence-electron chi connectivity index (χ1n) is 9.16. The van der Waals surface area contributed by atoms with Crippen LogP contribution in [0.1, 0.15) is 35.2 Å². The molecule has 0 aliphatic carbocycles. The Morgan fingerprint density at radius 3 is 2.85 bits per heavy atom. The number of nitrogens with zero attached hydrogens (tertiary/aromatic N) is 3. The Morgan fingerprint density at radius 2 is 1.96 bits per heavy atom. The highest BCUT2D eigenvalue weighted by molar-refractivity contribution is 5.97. The van der Waals surface area contributed by atoms with E-state index in [0.717, 1.165) is 25.0 Å². The summed E-state index contributed by atoms with van der Waals surface area (Å²) in [5, 5.41) is 13.7. The highest BCUT2D eigenvalue weighted by atomic mass is 16.1. The van der Waals surface area contributed by atoms with Crippen molar-refractivity contribution in [1.82, 2.24) is 25.6 Å². The number of hydrogen-bond donors (Lipinski definition) is 2. The number of aromatic amines is 1. The highest BCUT2D eigenvalue weighted by Gasteiger charge is 2.23. The zero-order valence-corrected chi connectivity index (χ0v) is 14.7. The van der Waals surface area contributed by atoms with Crippen molar-refractivity contribution in [3.05, 3.63) is 59.7 Å². The summed E-state index contributed by atoms with van der Waals surface area (Å²) in [4.78, 5) is 15.0. The molecule has 0 saturated carbocycles. The number of nitrogens with one attached hydrogen (secondary N) is 2. The third-order valence-electron chi connectivity index (χ3n) is 5.05. The van der Waals surface area contributed by atoms with Crippen LogP contribution < -0.4 is 5.32 Å². The minimum atomic E-state index is -0.0554. The van der Waals surface area contributed by atoms with Crippen LogP contribution in [0.5, 0.6) is 0 Å². The molecule has 26 heavy (non-hydrogen) atoms. The lowest BCUT2D eigenvalue weighted by Gasteiger charge is -2.35. The molecule has 0 unspecified atom stereocenters. The lowest BCUT2D eigenvalue weighted by molar-refractivity contribution is 0.0907. The molecule has 4 rings (SSSR count). The normalized spacial score (nSPS) is 18.1. The molecule has 2 aromatic carbocycles. The molecule has 134 valence electrons. The summed E-state index contributed by atoms with van der Waals surface area (Å²) in [5.74, 6) is -0.0554. The summed E-state index contributed by atoms with van der Waals surface area (Å²) in [7, 11) is 0. The van der Waals surface area contributed by atoms with Crippen molar-refractivity contribution in [3.8, 4) is 0 Å². The first-order chi connectivity index (χ1) is 12.8. The number of hydrogen-bond acceptors (Lipinski definition) is 4. The first kappa shape index (κ1) is 16.7. The van der Waals surface area contributed by atoms with Gasteiger partial charge >= 0.3 is 0 Å². The minimum Gasteiger partial charge on any atom is -0.350 e. The van der Waals surface area contributed by atoms with E-state index in [1.807, 2.05) is 12.1 Å². The number of benzene rings is 2. The second-order valence-electron chi connectivity index (χ2n) is 6.84. The molecular weight excluding hydrogens is 326 g/mol. The number of carbonyl (C=O) groups is 1. The largest absolute Gasteiger partial charge is 0.350 e. The monoisotopic (exact) mass is 349 g/mol. The maximum absolute atomic E-state index is 12.5. The molecule has 3 aromatic rings. The summed E-state index contributed by atoms with van der Waals surface area (Å²) < 4.78 is 0. The van der Waals surface area contributed by atoms with E-state index in [1.54, 1.807) is 12.1 Å². The van der Waals surface area contributed by atoms with Crippen molar-refractivity contribution in [2.45, 2.75) is 31.8 Å². The Hall–Kier alpha value is -2.73. The van der Waals surface area contributed by atoms with E-state index >= 15 is 0 Å². The number of piperidine rings is 1. The summed E-state index contributed by atoms with van der Waals surface area (Å²) >= 11 is 0. The van der Waals surface area contributed by atoms with Crippen LogP contribution in [0.3, 0.4) is 0 Å². The second kappa shape index (κ2) is 7.66.